The molecule has 2 heterocycles. The number of fused-ring (bicyclic) bond motifs is 1. The van der Waals surface area contributed by atoms with E-state index in [4.69, 9.17) is 9.57 Å². The second-order valence-corrected chi connectivity index (χ2v) is 6.07. The summed E-state index contributed by atoms with van der Waals surface area (Å²) in [6.07, 6.45) is 1.03. The van der Waals surface area contributed by atoms with Gasteiger partial charge in [-0.25, -0.2) is 8.42 Å². The van der Waals surface area contributed by atoms with Crippen molar-refractivity contribution in [1.29, 1.82) is 0 Å². The molecule has 0 N–H and O–H groups in total. The molecule has 0 spiro atoms. The van der Waals surface area contributed by atoms with Gasteiger partial charge in [-0.05, 0) is 30.3 Å². The fourth-order valence-electron chi connectivity index (χ4n) is 2.11. The molecule has 0 fully saturated rings. The standard InChI is InChI=1S/C12H11NO4S/c1-16-9-4-2-8(3-5-9)11-12-10(17-13-11)6-7-18(12,14)15/h2-7,10,12H,1H3. The Labute approximate surface area is 105 Å². The Morgan fingerprint density at radius 3 is 2.67 bits per heavy atom. The minimum atomic E-state index is -3.30. The summed E-state index contributed by atoms with van der Waals surface area (Å²) in [7, 11) is -1.73. The lowest BCUT2D eigenvalue weighted by molar-refractivity contribution is 0.123. The normalized spacial score (nSPS) is 27.5. The van der Waals surface area contributed by atoms with Crippen molar-refractivity contribution >= 4 is 15.5 Å². The number of ether oxygens (including phenoxy) is 1. The van der Waals surface area contributed by atoms with E-state index in [1.807, 2.05) is 0 Å². The number of rotatable bonds is 2. The van der Waals surface area contributed by atoms with Crippen molar-refractivity contribution in [2.24, 2.45) is 5.16 Å². The summed E-state index contributed by atoms with van der Waals surface area (Å²) < 4.78 is 28.8. The number of sulfone groups is 1. The summed E-state index contributed by atoms with van der Waals surface area (Å²) in [6.45, 7) is 0. The highest BCUT2D eigenvalue weighted by molar-refractivity contribution is 7.96. The lowest BCUT2D eigenvalue weighted by atomic mass is 10.0. The summed E-state index contributed by atoms with van der Waals surface area (Å²) in [5.74, 6) is 0.710. The fourth-order valence-corrected chi connectivity index (χ4v) is 3.66. The first-order valence-electron chi connectivity index (χ1n) is 5.42. The highest BCUT2D eigenvalue weighted by Crippen LogP contribution is 2.30. The van der Waals surface area contributed by atoms with E-state index in [2.05, 4.69) is 5.16 Å². The molecule has 2 aliphatic heterocycles. The summed E-state index contributed by atoms with van der Waals surface area (Å²) in [4.78, 5) is 5.13. The van der Waals surface area contributed by atoms with Gasteiger partial charge in [0.15, 0.2) is 21.2 Å². The summed E-state index contributed by atoms with van der Waals surface area (Å²) in [6, 6.07) is 7.08. The molecule has 2 atom stereocenters. The van der Waals surface area contributed by atoms with Crippen LogP contribution in [-0.2, 0) is 14.7 Å². The lowest BCUT2D eigenvalue weighted by Crippen LogP contribution is -2.31. The van der Waals surface area contributed by atoms with Crippen molar-refractivity contribution in [1.82, 2.24) is 0 Å². The van der Waals surface area contributed by atoms with Crippen LogP contribution in [0.2, 0.25) is 0 Å². The molecule has 6 heteroatoms. The van der Waals surface area contributed by atoms with Crippen molar-refractivity contribution < 1.29 is 18.0 Å². The Bertz CT molecular complexity index is 631. The molecular weight excluding hydrogens is 254 g/mol. The fraction of sp³-hybridized carbons (Fsp3) is 0.250. The molecule has 0 saturated carbocycles. The average Bonchev–Trinajstić information content (AvgIpc) is 2.92. The van der Waals surface area contributed by atoms with E-state index in [1.165, 1.54) is 11.5 Å². The molecule has 18 heavy (non-hydrogen) atoms. The average molecular weight is 265 g/mol. The van der Waals surface area contributed by atoms with Crippen molar-refractivity contribution in [3.63, 3.8) is 0 Å². The molecule has 0 radical (unpaired) electrons. The van der Waals surface area contributed by atoms with Gasteiger partial charge in [0.05, 0.1) is 7.11 Å². The molecule has 0 aromatic heterocycles. The molecule has 0 aliphatic carbocycles. The van der Waals surface area contributed by atoms with Crippen LogP contribution >= 0.6 is 0 Å². The molecular formula is C12H11NO4S. The zero-order valence-electron chi connectivity index (χ0n) is 9.61. The monoisotopic (exact) mass is 265 g/mol. The number of hydrogen-bond acceptors (Lipinski definition) is 5. The van der Waals surface area contributed by atoms with E-state index >= 15 is 0 Å². The first-order valence-corrected chi connectivity index (χ1v) is 7.03. The summed E-state index contributed by atoms with van der Waals surface area (Å²) >= 11 is 0. The third-order valence-electron chi connectivity index (χ3n) is 3.04. The van der Waals surface area contributed by atoms with Gasteiger partial charge in [0.25, 0.3) is 0 Å². The van der Waals surface area contributed by atoms with Crippen LogP contribution in [0.25, 0.3) is 0 Å². The second-order valence-electron chi connectivity index (χ2n) is 4.11. The summed E-state index contributed by atoms with van der Waals surface area (Å²) in [5, 5.41) is 4.37. The minimum Gasteiger partial charge on any atom is -0.497 e. The first-order chi connectivity index (χ1) is 8.62. The quantitative estimate of drug-likeness (QED) is 0.803. The van der Waals surface area contributed by atoms with Gasteiger partial charge in [0, 0.05) is 11.0 Å². The van der Waals surface area contributed by atoms with Crippen LogP contribution in [0.3, 0.4) is 0 Å². The zero-order valence-corrected chi connectivity index (χ0v) is 10.4. The molecule has 3 rings (SSSR count). The molecule has 5 nitrogen and oxygen atoms in total. The predicted molar refractivity (Wildman–Crippen MR) is 66.3 cm³/mol. The maximum Gasteiger partial charge on any atom is 0.184 e. The Balaban J connectivity index is 1.98. The number of hydrogen-bond donors (Lipinski definition) is 0. The number of nitrogens with zero attached hydrogens (tertiary/aromatic N) is 1. The van der Waals surface area contributed by atoms with Gasteiger partial charge in [-0.1, -0.05) is 5.16 Å². The van der Waals surface area contributed by atoms with E-state index in [0.29, 0.717) is 11.5 Å². The lowest BCUT2D eigenvalue weighted by Gasteiger charge is -2.09. The maximum atomic E-state index is 11.9. The number of oxime groups is 1. The number of methoxy groups -OCH3 is 1. The minimum absolute atomic E-state index is 0.452. The topological polar surface area (TPSA) is 65.0 Å². The van der Waals surface area contributed by atoms with Crippen molar-refractivity contribution in [3.05, 3.63) is 41.3 Å². The van der Waals surface area contributed by atoms with Crippen molar-refractivity contribution in [2.45, 2.75) is 11.4 Å². The predicted octanol–water partition coefficient (Wildman–Crippen LogP) is 1.11. The van der Waals surface area contributed by atoms with E-state index in [1.54, 1.807) is 31.4 Å². The van der Waals surface area contributed by atoms with Crippen molar-refractivity contribution in [2.75, 3.05) is 7.11 Å². The smallest absolute Gasteiger partial charge is 0.184 e. The molecule has 0 saturated heterocycles. The van der Waals surface area contributed by atoms with Crippen LogP contribution in [0.15, 0.2) is 40.9 Å². The van der Waals surface area contributed by atoms with E-state index < -0.39 is 21.2 Å². The van der Waals surface area contributed by atoms with Crippen LogP contribution < -0.4 is 4.74 Å². The Morgan fingerprint density at radius 2 is 2.00 bits per heavy atom. The maximum absolute atomic E-state index is 11.9. The highest BCUT2D eigenvalue weighted by atomic mass is 32.2. The molecule has 1 aromatic carbocycles. The molecule has 2 aliphatic rings. The van der Waals surface area contributed by atoms with Gasteiger partial charge in [0.2, 0.25) is 0 Å². The molecule has 94 valence electrons. The molecule has 1 aromatic rings. The Morgan fingerprint density at radius 1 is 1.28 bits per heavy atom. The van der Waals surface area contributed by atoms with Crippen LogP contribution in [0.4, 0.5) is 0 Å². The van der Waals surface area contributed by atoms with Gasteiger partial charge in [-0.2, -0.15) is 0 Å². The zero-order chi connectivity index (χ0) is 12.8. The summed E-state index contributed by atoms with van der Waals surface area (Å²) in [5.41, 5.74) is 1.18. The van der Waals surface area contributed by atoms with Crippen LogP contribution in [0.5, 0.6) is 5.75 Å². The molecule has 2 unspecified atom stereocenters. The van der Waals surface area contributed by atoms with Crippen molar-refractivity contribution in [3.8, 4) is 5.75 Å². The van der Waals surface area contributed by atoms with Crippen LogP contribution in [0.1, 0.15) is 5.56 Å². The highest BCUT2D eigenvalue weighted by Gasteiger charge is 2.46. The molecule has 0 amide bonds. The SMILES string of the molecule is COc1ccc(C2=NOC3C=CS(=O)(=O)C23)cc1. The van der Waals surface area contributed by atoms with E-state index in [-0.39, 0.29) is 0 Å². The Hall–Kier alpha value is -1.82. The Kier molecular flexibility index (Phi) is 2.41. The second kappa shape index (κ2) is 3.84. The van der Waals surface area contributed by atoms with Crippen LogP contribution in [0, 0.1) is 0 Å². The van der Waals surface area contributed by atoms with Gasteiger partial charge >= 0.3 is 0 Å². The molecule has 0 bridgehead atoms. The van der Waals surface area contributed by atoms with Gasteiger partial charge in [-0.15, -0.1) is 0 Å². The van der Waals surface area contributed by atoms with E-state index in [0.717, 1.165) is 5.56 Å². The van der Waals surface area contributed by atoms with Gasteiger partial charge < -0.3 is 9.57 Å². The van der Waals surface area contributed by atoms with Gasteiger partial charge in [-0.3, -0.25) is 0 Å². The van der Waals surface area contributed by atoms with Crippen LogP contribution in [-0.4, -0.2) is 32.6 Å². The third-order valence-corrected chi connectivity index (χ3v) is 4.77. The first kappa shape index (κ1) is 11.3. The largest absolute Gasteiger partial charge is 0.497 e. The van der Waals surface area contributed by atoms with E-state index in [9.17, 15) is 8.42 Å². The third kappa shape index (κ3) is 1.60. The number of benzene rings is 1. The van der Waals surface area contributed by atoms with Gasteiger partial charge in [0.1, 0.15) is 11.5 Å².